The maximum atomic E-state index is 5.62. The molecule has 1 aromatic heterocycles. The van der Waals surface area contributed by atoms with Crippen LogP contribution in [0.4, 0.5) is 0 Å². The molecule has 2 aliphatic rings. The summed E-state index contributed by atoms with van der Waals surface area (Å²) in [5.41, 5.74) is 1.34. The van der Waals surface area contributed by atoms with Crippen LogP contribution in [0.3, 0.4) is 0 Å². The van der Waals surface area contributed by atoms with E-state index >= 15 is 0 Å². The maximum Gasteiger partial charge on any atom is 0.116 e. The Labute approximate surface area is 107 Å². The number of nitrogens with one attached hydrogen (secondary N) is 1. The van der Waals surface area contributed by atoms with Gasteiger partial charge in [-0.2, -0.15) is 0 Å². The molecule has 1 aliphatic carbocycles. The first-order chi connectivity index (χ1) is 8.20. The highest BCUT2D eigenvalue weighted by molar-refractivity contribution is 7.12. The van der Waals surface area contributed by atoms with Crippen LogP contribution in [-0.2, 0) is 23.1 Å². The fourth-order valence-corrected chi connectivity index (χ4v) is 4.17. The number of thiazole rings is 1. The molecule has 1 atom stereocenters. The van der Waals surface area contributed by atoms with Gasteiger partial charge >= 0.3 is 0 Å². The van der Waals surface area contributed by atoms with Gasteiger partial charge in [0, 0.05) is 17.5 Å². The van der Waals surface area contributed by atoms with Gasteiger partial charge < -0.3 is 10.1 Å². The molecular formula is C13H20N2OS. The Morgan fingerprint density at radius 3 is 2.94 bits per heavy atom. The molecule has 94 valence electrons. The summed E-state index contributed by atoms with van der Waals surface area (Å²) < 4.78 is 5.62. The van der Waals surface area contributed by atoms with E-state index in [2.05, 4.69) is 19.2 Å². The van der Waals surface area contributed by atoms with E-state index in [4.69, 9.17) is 9.72 Å². The second-order valence-electron chi connectivity index (χ2n) is 5.43. The van der Waals surface area contributed by atoms with Crippen molar-refractivity contribution in [1.82, 2.24) is 10.3 Å². The average molecular weight is 252 g/mol. The monoisotopic (exact) mass is 252 g/mol. The van der Waals surface area contributed by atoms with Gasteiger partial charge in [-0.15, -0.1) is 11.3 Å². The van der Waals surface area contributed by atoms with Crippen molar-refractivity contribution in [3.05, 3.63) is 15.6 Å². The Bertz CT molecular complexity index is 386. The van der Waals surface area contributed by atoms with Crippen molar-refractivity contribution in [2.75, 3.05) is 13.2 Å². The van der Waals surface area contributed by atoms with E-state index in [1.165, 1.54) is 34.8 Å². The van der Waals surface area contributed by atoms with Crippen molar-refractivity contribution >= 4 is 11.3 Å². The molecule has 1 saturated heterocycles. The van der Waals surface area contributed by atoms with E-state index in [9.17, 15) is 0 Å². The molecule has 0 radical (unpaired) electrons. The van der Waals surface area contributed by atoms with Crippen LogP contribution < -0.4 is 5.32 Å². The molecule has 1 fully saturated rings. The first-order valence-corrected chi connectivity index (χ1v) is 7.36. The van der Waals surface area contributed by atoms with Gasteiger partial charge in [-0.1, -0.05) is 0 Å². The summed E-state index contributed by atoms with van der Waals surface area (Å²) in [5.74, 6) is 0. The molecular weight excluding hydrogens is 232 g/mol. The average Bonchev–Trinajstić information content (AvgIpc) is 2.87. The molecule has 3 nitrogen and oxygen atoms in total. The number of aryl methyl sites for hydroxylation is 2. The zero-order valence-corrected chi connectivity index (χ0v) is 11.4. The van der Waals surface area contributed by atoms with Gasteiger partial charge in [-0.3, -0.25) is 0 Å². The smallest absolute Gasteiger partial charge is 0.116 e. The lowest BCUT2D eigenvalue weighted by molar-refractivity contribution is 0.162. The molecule has 0 amide bonds. The van der Waals surface area contributed by atoms with E-state index in [1.807, 2.05) is 11.3 Å². The van der Waals surface area contributed by atoms with Gasteiger partial charge in [0.2, 0.25) is 0 Å². The second-order valence-corrected chi connectivity index (χ2v) is 6.51. The number of hydrogen-bond acceptors (Lipinski definition) is 4. The number of ether oxygens (including phenoxy) is 1. The largest absolute Gasteiger partial charge is 0.379 e. The predicted octanol–water partition coefficient (Wildman–Crippen LogP) is 2.25. The molecule has 1 unspecified atom stereocenters. The van der Waals surface area contributed by atoms with Crippen LogP contribution >= 0.6 is 11.3 Å². The standard InChI is InChI=1S/C13H20N2OS/c1-9(2)15-13(6-7-16-8-13)12-14-10-4-3-5-11(10)17-12/h9,15H,3-8H2,1-2H3. The Morgan fingerprint density at radius 1 is 1.41 bits per heavy atom. The first-order valence-electron chi connectivity index (χ1n) is 6.54. The number of fused-ring (bicyclic) bond motifs is 1. The fraction of sp³-hybridized carbons (Fsp3) is 0.769. The highest BCUT2D eigenvalue weighted by Gasteiger charge is 2.40. The highest BCUT2D eigenvalue weighted by atomic mass is 32.1. The summed E-state index contributed by atoms with van der Waals surface area (Å²) in [5, 5.41) is 4.94. The predicted molar refractivity (Wildman–Crippen MR) is 69.5 cm³/mol. The van der Waals surface area contributed by atoms with Gasteiger partial charge in [0.25, 0.3) is 0 Å². The van der Waals surface area contributed by atoms with Crippen LogP contribution in [0.2, 0.25) is 0 Å². The molecule has 0 spiro atoms. The fourth-order valence-electron chi connectivity index (χ4n) is 2.86. The van der Waals surface area contributed by atoms with Crippen molar-refractivity contribution in [1.29, 1.82) is 0 Å². The van der Waals surface area contributed by atoms with Crippen LogP contribution in [0.1, 0.15) is 42.3 Å². The topological polar surface area (TPSA) is 34.2 Å². The molecule has 4 heteroatoms. The lowest BCUT2D eigenvalue weighted by Gasteiger charge is -2.29. The van der Waals surface area contributed by atoms with Crippen LogP contribution in [-0.4, -0.2) is 24.2 Å². The third-order valence-electron chi connectivity index (χ3n) is 3.59. The number of hydrogen-bond donors (Lipinski definition) is 1. The Balaban J connectivity index is 1.92. The van der Waals surface area contributed by atoms with Crippen LogP contribution in [0.25, 0.3) is 0 Å². The van der Waals surface area contributed by atoms with Crippen LogP contribution in [0.5, 0.6) is 0 Å². The van der Waals surface area contributed by atoms with Gasteiger partial charge in [-0.05, 0) is 39.5 Å². The molecule has 0 bridgehead atoms. The molecule has 0 aromatic carbocycles. The second kappa shape index (κ2) is 4.34. The van der Waals surface area contributed by atoms with Crippen LogP contribution in [0, 0.1) is 0 Å². The molecule has 1 aromatic rings. The Kier molecular flexibility index (Phi) is 2.97. The highest BCUT2D eigenvalue weighted by Crippen LogP contribution is 2.37. The summed E-state index contributed by atoms with van der Waals surface area (Å²) in [4.78, 5) is 6.38. The summed E-state index contributed by atoms with van der Waals surface area (Å²) in [6, 6.07) is 0.468. The van der Waals surface area contributed by atoms with Crippen molar-refractivity contribution < 1.29 is 4.74 Å². The summed E-state index contributed by atoms with van der Waals surface area (Å²) in [6.07, 6.45) is 4.74. The molecule has 0 saturated carbocycles. The van der Waals surface area contributed by atoms with Crippen molar-refractivity contribution in [2.24, 2.45) is 0 Å². The minimum atomic E-state index is -0.0107. The van der Waals surface area contributed by atoms with Crippen molar-refractivity contribution in [3.8, 4) is 0 Å². The number of aromatic nitrogens is 1. The first kappa shape index (κ1) is 11.6. The van der Waals surface area contributed by atoms with Crippen molar-refractivity contribution in [3.63, 3.8) is 0 Å². The minimum absolute atomic E-state index is 0.0107. The molecule has 17 heavy (non-hydrogen) atoms. The van der Waals surface area contributed by atoms with E-state index < -0.39 is 0 Å². The lowest BCUT2D eigenvalue weighted by atomic mass is 9.98. The molecule has 2 heterocycles. The van der Waals surface area contributed by atoms with Gasteiger partial charge in [-0.25, -0.2) is 4.98 Å². The van der Waals surface area contributed by atoms with E-state index in [1.54, 1.807) is 0 Å². The summed E-state index contributed by atoms with van der Waals surface area (Å²) in [6.45, 7) is 6.02. The van der Waals surface area contributed by atoms with Gasteiger partial charge in [0.1, 0.15) is 5.01 Å². The summed E-state index contributed by atoms with van der Waals surface area (Å²) >= 11 is 1.91. The van der Waals surface area contributed by atoms with Crippen LogP contribution in [0.15, 0.2) is 0 Å². The third kappa shape index (κ3) is 2.02. The molecule has 1 aliphatic heterocycles. The molecule has 3 rings (SSSR count). The third-order valence-corrected chi connectivity index (χ3v) is 4.95. The SMILES string of the molecule is CC(C)NC1(c2nc3c(s2)CCC3)CCOC1. The lowest BCUT2D eigenvalue weighted by Crippen LogP contribution is -2.46. The maximum absolute atomic E-state index is 5.62. The minimum Gasteiger partial charge on any atom is -0.379 e. The number of rotatable bonds is 3. The number of nitrogens with zero attached hydrogens (tertiary/aromatic N) is 1. The Morgan fingerprint density at radius 2 is 2.29 bits per heavy atom. The Hall–Kier alpha value is -0.450. The zero-order valence-electron chi connectivity index (χ0n) is 10.6. The van der Waals surface area contributed by atoms with E-state index in [-0.39, 0.29) is 5.54 Å². The zero-order chi connectivity index (χ0) is 11.9. The van der Waals surface area contributed by atoms with Crippen molar-refractivity contribution in [2.45, 2.75) is 51.1 Å². The summed E-state index contributed by atoms with van der Waals surface area (Å²) in [7, 11) is 0. The normalized spacial score (nSPS) is 27.9. The van der Waals surface area contributed by atoms with E-state index in [0.29, 0.717) is 6.04 Å². The molecule has 1 N–H and O–H groups in total. The van der Waals surface area contributed by atoms with Gasteiger partial charge in [0.05, 0.1) is 17.8 Å². The quantitative estimate of drug-likeness (QED) is 0.896. The van der Waals surface area contributed by atoms with Gasteiger partial charge in [0.15, 0.2) is 0 Å². The van der Waals surface area contributed by atoms with E-state index in [0.717, 1.165) is 19.6 Å².